The van der Waals surface area contributed by atoms with E-state index in [9.17, 15) is 4.57 Å². The van der Waals surface area contributed by atoms with Crippen molar-refractivity contribution in [3.63, 3.8) is 0 Å². The fourth-order valence-electron chi connectivity index (χ4n) is 1.15. The van der Waals surface area contributed by atoms with Crippen LogP contribution in [0.2, 0.25) is 0 Å². The third-order valence-electron chi connectivity index (χ3n) is 1.88. The van der Waals surface area contributed by atoms with Gasteiger partial charge in [-0.2, -0.15) is 0 Å². The standard InChI is InChI=1S/C9H19O3P.K/c1-9(2)7-5-3-4-6-8-12-13(10)11;/h9H,3-8H2,1-2H3;/p+1. The molecule has 79 valence electrons. The Morgan fingerprint density at radius 1 is 1.21 bits per heavy atom. The summed E-state index contributed by atoms with van der Waals surface area (Å²) in [6.07, 6.45) is 5.71. The quantitative estimate of drug-likeness (QED) is 0.407. The van der Waals surface area contributed by atoms with Crippen molar-refractivity contribution in [3.05, 3.63) is 0 Å². The van der Waals surface area contributed by atoms with Gasteiger partial charge in [-0.25, -0.2) is 0 Å². The topological polar surface area (TPSA) is 46.5 Å². The Balaban J connectivity index is 0. The summed E-state index contributed by atoms with van der Waals surface area (Å²) in [6.45, 7) is 4.85. The number of hydrogen-bond donors (Lipinski definition) is 1. The Morgan fingerprint density at radius 2 is 1.79 bits per heavy atom. The minimum atomic E-state index is -2.39. The zero-order chi connectivity index (χ0) is 10.1. The monoisotopic (exact) mass is 246 g/mol. The van der Waals surface area contributed by atoms with Crippen LogP contribution in [0.3, 0.4) is 0 Å². The van der Waals surface area contributed by atoms with Crippen molar-refractivity contribution in [3.8, 4) is 0 Å². The van der Waals surface area contributed by atoms with Gasteiger partial charge >= 0.3 is 8.25 Å². The van der Waals surface area contributed by atoms with Crippen LogP contribution in [0.5, 0.6) is 0 Å². The van der Waals surface area contributed by atoms with Crippen LogP contribution in [0.4, 0.5) is 0 Å². The maximum absolute atomic E-state index is 10.1. The first-order valence-corrected chi connectivity index (χ1v) is 6.05. The molecule has 0 aromatic heterocycles. The molecular weight excluding hydrogens is 226 g/mol. The van der Waals surface area contributed by atoms with Gasteiger partial charge in [-0.15, -0.1) is 9.42 Å². The number of rotatable bonds is 8. The van der Waals surface area contributed by atoms with Crippen LogP contribution >= 0.6 is 8.25 Å². The van der Waals surface area contributed by atoms with Gasteiger partial charge in [0.1, 0.15) is 6.61 Å². The fraction of sp³-hybridized carbons (Fsp3) is 1.00. The molecule has 0 bridgehead atoms. The average Bonchev–Trinajstić information content (AvgIpc) is 2.01. The first kappa shape index (κ1) is 18.0. The molecule has 1 N–H and O–H groups in total. The predicted molar refractivity (Wildman–Crippen MR) is 59.5 cm³/mol. The van der Waals surface area contributed by atoms with Gasteiger partial charge in [0, 0.05) is 55.9 Å². The van der Waals surface area contributed by atoms with Gasteiger partial charge in [0.2, 0.25) is 0 Å². The van der Waals surface area contributed by atoms with Crippen molar-refractivity contribution in [2.75, 3.05) is 6.61 Å². The Kier molecular flexibility index (Phi) is 16.4. The maximum Gasteiger partial charge on any atom is 0.694 e. The molecule has 0 amide bonds. The van der Waals surface area contributed by atoms with E-state index in [1.54, 1.807) is 0 Å². The molecule has 0 fully saturated rings. The largest absolute Gasteiger partial charge is 0.694 e. The summed E-state index contributed by atoms with van der Waals surface area (Å²) in [6, 6.07) is 0. The molecule has 0 aliphatic rings. The van der Waals surface area contributed by atoms with Crippen LogP contribution in [-0.4, -0.2) is 62.9 Å². The van der Waals surface area contributed by atoms with E-state index in [0.717, 1.165) is 18.8 Å². The normalized spacial score (nSPS) is 11.3. The van der Waals surface area contributed by atoms with E-state index in [0.29, 0.717) is 6.61 Å². The second-order valence-electron chi connectivity index (χ2n) is 3.67. The van der Waals surface area contributed by atoms with Crippen LogP contribution in [-0.2, 0) is 9.09 Å². The third kappa shape index (κ3) is 16.1. The molecule has 0 aromatic carbocycles. The molecule has 0 spiro atoms. The van der Waals surface area contributed by atoms with Gasteiger partial charge in [-0.1, -0.05) is 39.5 Å². The molecule has 0 saturated carbocycles. The summed E-state index contributed by atoms with van der Waals surface area (Å²) < 4.78 is 14.6. The Hall–Kier alpha value is 1.66. The van der Waals surface area contributed by atoms with Crippen LogP contribution < -0.4 is 0 Å². The van der Waals surface area contributed by atoms with Crippen molar-refractivity contribution in [2.24, 2.45) is 5.92 Å². The zero-order valence-electron chi connectivity index (χ0n) is 9.53. The number of hydrogen-bond acceptors (Lipinski definition) is 2. The van der Waals surface area contributed by atoms with Crippen molar-refractivity contribution in [1.82, 2.24) is 0 Å². The Labute approximate surface area is 130 Å². The van der Waals surface area contributed by atoms with Gasteiger partial charge < -0.3 is 0 Å². The van der Waals surface area contributed by atoms with E-state index in [1.165, 1.54) is 19.3 Å². The summed E-state index contributed by atoms with van der Waals surface area (Å²) in [4.78, 5) is 8.31. The van der Waals surface area contributed by atoms with E-state index >= 15 is 0 Å². The van der Waals surface area contributed by atoms with Crippen molar-refractivity contribution < 1.29 is 14.0 Å². The molecule has 0 aliphatic heterocycles. The first-order chi connectivity index (χ1) is 6.13. The van der Waals surface area contributed by atoms with E-state index < -0.39 is 8.25 Å². The van der Waals surface area contributed by atoms with Crippen LogP contribution in [0.1, 0.15) is 46.0 Å². The summed E-state index contributed by atoms with van der Waals surface area (Å²) in [5.41, 5.74) is 0. The van der Waals surface area contributed by atoms with E-state index in [2.05, 4.69) is 18.4 Å². The van der Waals surface area contributed by atoms with E-state index in [-0.39, 0.29) is 51.4 Å². The predicted octanol–water partition coefficient (Wildman–Crippen LogP) is 2.88. The van der Waals surface area contributed by atoms with Gasteiger partial charge in [0.25, 0.3) is 0 Å². The van der Waals surface area contributed by atoms with Crippen LogP contribution in [0.15, 0.2) is 0 Å². The minimum Gasteiger partial charge on any atom is -0.133 e. The molecule has 0 aliphatic carbocycles. The summed E-state index contributed by atoms with van der Waals surface area (Å²) >= 11 is 0. The molecular formula is C9H20KO3P+. The van der Waals surface area contributed by atoms with E-state index in [1.807, 2.05) is 0 Å². The Morgan fingerprint density at radius 3 is 2.29 bits per heavy atom. The minimum absolute atomic E-state index is 0. The molecule has 0 heterocycles. The first-order valence-electron chi connectivity index (χ1n) is 4.92. The molecule has 0 saturated heterocycles. The molecule has 1 unspecified atom stereocenters. The van der Waals surface area contributed by atoms with Crippen LogP contribution in [0, 0.1) is 5.92 Å². The molecule has 3 nitrogen and oxygen atoms in total. The van der Waals surface area contributed by atoms with Gasteiger partial charge in [-0.05, 0) is 12.3 Å². The molecule has 14 heavy (non-hydrogen) atoms. The maximum atomic E-state index is 10.1. The van der Waals surface area contributed by atoms with E-state index in [4.69, 9.17) is 4.89 Å². The zero-order valence-corrected chi connectivity index (χ0v) is 13.5. The van der Waals surface area contributed by atoms with Gasteiger partial charge in [-0.3, -0.25) is 0 Å². The molecule has 1 radical (unpaired) electrons. The molecule has 5 heteroatoms. The summed E-state index contributed by atoms with van der Waals surface area (Å²) in [5.74, 6) is 0.781. The second-order valence-corrected chi connectivity index (χ2v) is 4.40. The molecule has 0 aromatic rings. The van der Waals surface area contributed by atoms with Crippen LogP contribution in [0.25, 0.3) is 0 Å². The smallest absolute Gasteiger partial charge is 0.133 e. The summed E-state index contributed by atoms with van der Waals surface area (Å²) in [5, 5.41) is 0. The van der Waals surface area contributed by atoms with Gasteiger partial charge in [0.15, 0.2) is 0 Å². The SMILES string of the molecule is CC(C)CCCCCCO[P+](=O)O.[K]. The second kappa shape index (κ2) is 12.7. The molecule has 0 rings (SSSR count). The Bertz CT molecular complexity index is 142. The van der Waals surface area contributed by atoms with Crippen molar-refractivity contribution in [1.29, 1.82) is 0 Å². The molecule has 1 atom stereocenters. The average molecular weight is 246 g/mol. The van der Waals surface area contributed by atoms with Crippen molar-refractivity contribution in [2.45, 2.75) is 46.0 Å². The number of unbranched alkanes of at least 4 members (excludes halogenated alkanes) is 3. The van der Waals surface area contributed by atoms with Gasteiger partial charge in [0.05, 0.1) is 0 Å². The summed E-state index contributed by atoms with van der Waals surface area (Å²) in [7, 11) is -2.39. The van der Waals surface area contributed by atoms with Crippen molar-refractivity contribution >= 4 is 59.6 Å². The fourth-order valence-corrected chi connectivity index (χ4v) is 1.44. The third-order valence-corrected chi connectivity index (χ3v) is 2.28.